The average Bonchev–Trinajstić information content (AvgIpc) is 2.77. The Hall–Kier alpha value is -3.63. The Labute approximate surface area is 185 Å². The van der Waals surface area contributed by atoms with Crippen LogP contribution in [-0.2, 0) is 6.54 Å². The number of hydrogen-bond donors (Lipinski definition) is 1. The molecule has 154 valence electrons. The van der Waals surface area contributed by atoms with E-state index in [4.69, 9.17) is 11.6 Å². The first-order chi connectivity index (χ1) is 15.0. The number of aryl methyl sites for hydroxylation is 1. The number of rotatable bonds is 5. The van der Waals surface area contributed by atoms with E-state index in [2.05, 4.69) is 5.32 Å². The van der Waals surface area contributed by atoms with Gasteiger partial charge in [0.15, 0.2) is 5.43 Å². The molecule has 0 saturated heterocycles. The number of hydrogen-bond acceptors (Lipinski definition) is 2. The summed E-state index contributed by atoms with van der Waals surface area (Å²) in [6.45, 7) is 2.36. The molecule has 5 heteroatoms. The second kappa shape index (κ2) is 9.02. The molecule has 31 heavy (non-hydrogen) atoms. The van der Waals surface area contributed by atoms with Crippen LogP contribution in [-0.4, -0.2) is 10.5 Å². The van der Waals surface area contributed by atoms with Crippen molar-refractivity contribution in [1.29, 1.82) is 0 Å². The van der Waals surface area contributed by atoms with Crippen LogP contribution in [0.1, 0.15) is 21.6 Å². The molecule has 0 aliphatic rings. The van der Waals surface area contributed by atoms with Gasteiger partial charge in [-0.1, -0.05) is 78.3 Å². The minimum absolute atomic E-state index is 0.0680. The molecule has 0 fully saturated rings. The van der Waals surface area contributed by atoms with Crippen LogP contribution >= 0.6 is 11.6 Å². The number of aromatic nitrogens is 1. The fraction of sp³-hybridized carbons (Fsp3) is 0.0769. The third-order valence-corrected chi connectivity index (χ3v) is 5.42. The van der Waals surface area contributed by atoms with Crippen molar-refractivity contribution in [3.8, 4) is 11.3 Å². The lowest BCUT2D eigenvalue weighted by molar-refractivity contribution is 0.102. The molecule has 4 aromatic rings. The Balaban J connectivity index is 1.93. The zero-order valence-corrected chi connectivity index (χ0v) is 17.8. The van der Waals surface area contributed by atoms with E-state index in [1.165, 1.54) is 6.07 Å². The van der Waals surface area contributed by atoms with Crippen LogP contribution in [0.15, 0.2) is 95.8 Å². The zero-order valence-electron chi connectivity index (χ0n) is 17.0. The Kier molecular flexibility index (Phi) is 6.01. The number of nitrogens with one attached hydrogen (secondary N) is 1. The number of carbonyl (C=O) groups excluding carboxylic acids is 1. The number of benzene rings is 3. The number of amides is 1. The average molecular weight is 429 g/mol. The Bertz CT molecular complexity index is 1280. The lowest BCUT2D eigenvalue weighted by Gasteiger charge is -2.21. The highest BCUT2D eigenvalue weighted by molar-refractivity contribution is 6.33. The molecule has 4 nitrogen and oxygen atoms in total. The van der Waals surface area contributed by atoms with E-state index >= 15 is 0 Å². The fourth-order valence-electron chi connectivity index (χ4n) is 3.61. The smallest absolute Gasteiger partial charge is 0.261 e. The van der Waals surface area contributed by atoms with E-state index in [1.807, 2.05) is 78.2 Å². The number of carbonyl (C=O) groups is 1. The summed E-state index contributed by atoms with van der Waals surface area (Å²) >= 11 is 6.53. The predicted molar refractivity (Wildman–Crippen MR) is 126 cm³/mol. The molecule has 0 aliphatic carbocycles. The summed E-state index contributed by atoms with van der Waals surface area (Å²) in [4.78, 5) is 26.4. The standard InChI is InChI=1S/C26H21ClN2O2/c1-18-16-23(30)24(26(31)28-20-12-6-3-7-13-20)25(21-14-8-9-15-22(21)27)29(18)17-19-10-4-2-5-11-19/h2-16H,17H2,1H3,(H,28,31). The predicted octanol–water partition coefficient (Wildman–Crippen LogP) is 5.78. The molecule has 0 atom stereocenters. The summed E-state index contributed by atoms with van der Waals surface area (Å²) in [5.41, 5.74) is 3.29. The molecule has 0 bridgehead atoms. The van der Waals surface area contributed by atoms with Crippen molar-refractivity contribution in [3.05, 3.63) is 123 Å². The van der Waals surface area contributed by atoms with Crippen molar-refractivity contribution in [2.75, 3.05) is 5.32 Å². The van der Waals surface area contributed by atoms with Crippen LogP contribution in [0.3, 0.4) is 0 Å². The van der Waals surface area contributed by atoms with Gasteiger partial charge in [-0.2, -0.15) is 0 Å². The number of para-hydroxylation sites is 1. The number of halogens is 1. The molecule has 1 aromatic heterocycles. The second-order valence-electron chi connectivity index (χ2n) is 7.25. The molecule has 0 saturated carbocycles. The summed E-state index contributed by atoms with van der Waals surface area (Å²) < 4.78 is 1.97. The van der Waals surface area contributed by atoms with E-state index in [-0.39, 0.29) is 11.0 Å². The highest BCUT2D eigenvalue weighted by Crippen LogP contribution is 2.31. The second-order valence-corrected chi connectivity index (χ2v) is 7.65. The number of pyridine rings is 1. The van der Waals surface area contributed by atoms with Gasteiger partial charge >= 0.3 is 0 Å². The first-order valence-electron chi connectivity index (χ1n) is 9.94. The van der Waals surface area contributed by atoms with Crippen LogP contribution in [0.2, 0.25) is 5.02 Å². The quantitative estimate of drug-likeness (QED) is 0.438. The van der Waals surface area contributed by atoms with E-state index in [0.717, 1.165) is 11.3 Å². The van der Waals surface area contributed by atoms with Gasteiger partial charge in [0, 0.05) is 34.6 Å². The van der Waals surface area contributed by atoms with Crippen LogP contribution in [0, 0.1) is 6.92 Å². The molecular formula is C26H21ClN2O2. The largest absolute Gasteiger partial charge is 0.340 e. The van der Waals surface area contributed by atoms with Gasteiger partial charge < -0.3 is 9.88 Å². The topological polar surface area (TPSA) is 51.1 Å². The van der Waals surface area contributed by atoms with Crippen molar-refractivity contribution >= 4 is 23.2 Å². The van der Waals surface area contributed by atoms with Crippen molar-refractivity contribution in [3.63, 3.8) is 0 Å². The normalized spacial score (nSPS) is 10.6. The maximum absolute atomic E-state index is 13.3. The fourth-order valence-corrected chi connectivity index (χ4v) is 3.83. The molecule has 0 aliphatic heterocycles. The summed E-state index contributed by atoms with van der Waals surface area (Å²) in [6.07, 6.45) is 0. The lowest BCUT2D eigenvalue weighted by atomic mass is 10.0. The Morgan fingerprint density at radius 2 is 1.52 bits per heavy atom. The molecule has 1 amide bonds. The maximum atomic E-state index is 13.3. The van der Waals surface area contributed by atoms with Gasteiger partial charge in [0.2, 0.25) is 0 Å². The highest BCUT2D eigenvalue weighted by Gasteiger charge is 2.23. The van der Waals surface area contributed by atoms with E-state index in [1.54, 1.807) is 18.2 Å². The van der Waals surface area contributed by atoms with Gasteiger partial charge in [0.25, 0.3) is 5.91 Å². The summed E-state index contributed by atoms with van der Waals surface area (Å²) in [5, 5.41) is 3.32. The highest BCUT2D eigenvalue weighted by atomic mass is 35.5. The Morgan fingerprint density at radius 3 is 2.19 bits per heavy atom. The first kappa shape index (κ1) is 20.6. The minimum atomic E-state index is -0.465. The van der Waals surface area contributed by atoms with Gasteiger partial charge in [0.1, 0.15) is 5.56 Å². The molecule has 4 rings (SSSR count). The monoisotopic (exact) mass is 428 g/mol. The molecule has 0 unspecified atom stereocenters. The minimum Gasteiger partial charge on any atom is -0.340 e. The third-order valence-electron chi connectivity index (χ3n) is 5.09. The van der Waals surface area contributed by atoms with Gasteiger partial charge in [-0.25, -0.2) is 0 Å². The van der Waals surface area contributed by atoms with Crippen molar-refractivity contribution in [2.24, 2.45) is 0 Å². The van der Waals surface area contributed by atoms with Crippen molar-refractivity contribution in [2.45, 2.75) is 13.5 Å². The maximum Gasteiger partial charge on any atom is 0.261 e. The van der Waals surface area contributed by atoms with Crippen LogP contribution < -0.4 is 10.7 Å². The number of anilines is 1. The van der Waals surface area contributed by atoms with Crippen LogP contribution in [0.5, 0.6) is 0 Å². The van der Waals surface area contributed by atoms with E-state index < -0.39 is 5.91 Å². The third kappa shape index (κ3) is 4.44. The van der Waals surface area contributed by atoms with Gasteiger partial charge in [0.05, 0.1) is 5.69 Å². The molecular weight excluding hydrogens is 408 g/mol. The summed E-state index contributed by atoms with van der Waals surface area (Å²) in [7, 11) is 0. The van der Waals surface area contributed by atoms with Crippen molar-refractivity contribution in [1.82, 2.24) is 4.57 Å². The van der Waals surface area contributed by atoms with E-state index in [9.17, 15) is 9.59 Å². The number of nitrogens with zero attached hydrogens (tertiary/aromatic N) is 1. The molecule has 1 N–H and O–H groups in total. The summed E-state index contributed by atoms with van der Waals surface area (Å²) in [6, 6.07) is 27.8. The van der Waals surface area contributed by atoms with E-state index in [0.29, 0.717) is 28.5 Å². The zero-order chi connectivity index (χ0) is 21.8. The summed E-state index contributed by atoms with van der Waals surface area (Å²) in [5.74, 6) is -0.465. The molecule has 0 spiro atoms. The Morgan fingerprint density at radius 1 is 0.903 bits per heavy atom. The SMILES string of the molecule is Cc1cc(=O)c(C(=O)Nc2ccccc2)c(-c2ccccc2Cl)n1Cc1ccccc1. The molecule has 3 aromatic carbocycles. The molecule has 0 radical (unpaired) electrons. The van der Waals surface area contributed by atoms with Gasteiger partial charge in [-0.3, -0.25) is 9.59 Å². The molecule has 1 heterocycles. The van der Waals surface area contributed by atoms with Crippen LogP contribution in [0.25, 0.3) is 11.3 Å². The van der Waals surface area contributed by atoms with Crippen LogP contribution in [0.4, 0.5) is 5.69 Å². The lowest BCUT2D eigenvalue weighted by Crippen LogP contribution is -2.27. The van der Waals surface area contributed by atoms with Gasteiger partial charge in [-0.15, -0.1) is 0 Å². The first-order valence-corrected chi connectivity index (χ1v) is 10.3. The van der Waals surface area contributed by atoms with Crippen molar-refractivity contribution < 1.29 is 4.79 Å². The van der Waals surface area contributed by atoms with Gasteiger partial charge in [-0.05, 0) is 30.7 Å².